The number of hydrogen-bond donors (Lipinski definition) is 2. The SMILES string of the molecule is COc1ccc(N(C)C(=O)C(Cc2ccccc2)NC(=O)Cc2cccc(CC(=O)N[C@@H](Cc3ccccc3)C(=O)N(C)c3ccc(OC)cc3)c2)cc1. The van der Waals surface area contributed by atoms with E-state index in [1.807, 2.05) is 72.8 Å². The number of ether oxygens (including phenoxy) is 2. The monoisotopic (exact) mass is 726 g/mol. The molecule has 4 amide bonds. The molecule has 0 heterocycles. The van der Waals surface area contributed by atoms with Gasteiger partial charge in [0.1, 0.15) is 23.6 Å². The molecule has 54 heavy (non-hydrogen) atoms. The summed E-state index contributed by atoms with van der Waals surface area (Å²) in [7, 11) is 6.52. The standard InChI is InChI=1S/C44H46N4O6/c1-47(35-18-22-37(53-3)23-19-35)43(51)39(27-31-12-7-5-8-13-31)45-41(49)29-33-16-11-17-34(26-33)30-42(50)46-40(28-32-14-9-6-10-15-32)44(52)48(2)36-20-24-38(54-4)25-21-36/h5-26,39-40H,27-30H2,1-4H3,(H,45,49)(H,46,50)/t39-,40?/m0/s1. The molecule has 2 N–H and O–H groups in total. The van der Waals surface area contributed by atoms with Crippen molar-refractivity contribution in [3.8, 4) is 11.5 Å². The van der Waals surface area contributed by atoms with E-state index in [0.29, 0.717) is 46.8 Å². The van der Waals surface area contributed by atoms with Crippen LogP contribution in [0.15, 0.2) is 133 Å². The van der Waals surface area contributed by atoms with E-state index in [1.165, 1.54) is 9.80 Å². The molecule has 0 aromatic heterocycles. The van der Waals surface area contributed by atoms with Gasteiger partial charge in [0.15, 0.2) is 0 Å². The highest BCUT2D eigenvalue weighted by molar-refractivity contribution is 6.00. The maximum Gasteiger partial charge on any atom is 0.249 e. The van der Waals surface area contributed by atoms with Gasteiger partial charge in [-0.15, -0.1) is 0 Å². The van der Waals surface area contributed by atoms with Crippen LogP contribution in [0.2, 0.25) is 0 Å². The molecule has 0 aliphatic rings. The topological polar surface area (TPSA) is 117 Å². The van der Waals surface area contributed by atoms with Gasteiger partial charge in [-0.2, -0.15) is 0 Å². The smallest absolute Gasteiger partial charge is 0.249 e. The molecule has 5 rings (SSSR count). The number of amides is 4. The first-order valence-corrected chi connectivity index (χ1v) is 17.7. The number of carbonyl (C=O) groups excluding carboxylic acids is 4. The first-order chi connectivity index (χ1) is 26.1. The fourth-order valence-corrected chi connectivity index (χ4v) is 6.14. The van der Waals surface area contributed by atoms with Crippen molar-refractivity contribution < 1.29 is 28.7 Å². The average molecular weight is 727 g/mol. The molecule has 5 aromatic carbocycles. The largest absolute Gasteiger partial charge is 0.497 e. The minimum Gasteiger partial charge on any atom is -0.497 e. The van der Waals surface area contributed by atoms with E-state index in [9.17, 15) is 19.2 Å². The van der Waals surface area contributed by atoms with Gasteiger partial charge in [-0.1, -0.05) is 84.9 Å². The Morgan fingerprint density at radius 1 is 0.500 bits per heavy atom. The third-order valence-corrected chi connectivity index (χ3v) is 9.13. The van der Waals surface area contributed by atoms with E-state index in [2.05, 4.69) is 10.6 Å². The van der Waals surface area contributed by atoms with Crippen LogP contribution < -0.4 is 29.9 Å². The van der Waals surface area contributed by atoms with E-state index < -0.39 is 12.1 Å². The van der Waals surface area contributed by atoms with E-state index >= 15 is 0 Å². The lowest BCUT2D eigenvalue weighted by atomic mass is 10.0. The van der Waals surface area contributed by atoms with Crippen molar-refractivity contribution in [1.82, 2.24) is 10.6 Å². The first-order valence-electron chi connectivity index (χ1n) is 17.7. The molecule has 0 saturated carbocycles. The molecule has 0 aliphatic heterocycles. The second kappa shape index (κ2) is 18.9. The molecule has 0 fully saturated rings. The predicted octanol–water partition coefficient (Wildman–Crippen LogP) is 5.57. The van der Waals surface area contributed by atoms with E-state index in [0.717, 1.165) is 11.1 Å². The number of likely N-dealkylation sites (N-methyl/N-ethyl adjacent to an activating group) is 2. The van der Waals surface area contributed by atoms with Gasteiger partial charge in [-0.3, -0.25) is 19.2 Å². The van der Waals surface area contributed by atoms with Gasteiger partial charge in [-0.05, 0) is 70.8 Å². The lowest BCUT2D eigenvalue weighted by Gasteiger charge is -2.25. The van der Waals surface area contributed by atoms with E-state index in [-0.39, 0.29) is 36.5 Å². The summed E-state index contributed by atoms with van der Waals surface area (Å²) < 4.78 is 10.5. The first kappa shape index (κ1) is 38.8. The second-order valence-electron chi connectivity index (χ2n) is 13.0. The molecule has 0 bridgehead atoms. The van der Waals surface area contributed by atoms with Crippen molar-refractivity contribution in [1.29, 1.82) is 0 Å². The Hall–Kier alpha value is -6.42. The zero-order valence-electron chi connectivity index (χ0n) is 31.0. The summed E-state index contributed by atoms with van der Waals surface area (Å²) in [5, 5.41) is 5.91. The lowest BCUT2D eigenvalue weighted by molar-refractivity contribution is -0.127. The van der Waals surface area contributed by atoms with Crippen LogP contribution in [0, 0.1) is 0 Å². The fourth-order valence-electron chi connectivity index (χ4n) is 6.14. The van der Waals surface area contributed by atoms with Crippen LogP contribution in [0.3, 0.4) is 0 Å². The number of hydrogen-bond acceptors (Lipinski definition) is 6. The molecule has 10 heteroatoms. The molecule has 1 unspecified atom stereocenters. The van der Waals surface area contributed by atoms with Gasteiger partial charge in [0.05, 0.1) is 27.1 Å². The van der Waals surface area contributed by atoms with Crippen LogP contribution in [0.4, 0.5) is 11.4 Å². The number of anilines is 2. The molecule has 0 saturated heterocycles. The Kier molecular flexibility index (Phi) is 13.6. The highest BCUT2D eigenvalue weighted by Gasteiger charge is 2.27. The maximum absolute atomic E-state index is 13.8. The minimum absolute atomic E-state index is 0.00204. The Labute approximate surface area is 316 Å². The van der Waals surface area contributed by atoms with Crippen molar-refractivity contribution in [3.63, 3.8) is 0 Å². The van der Waals surface area contributed by atoms with E-state index in [4.69, 9.17) is 9.47 Å². The summed E-state index contributed by atoms with van der Waals surface area (Å²) in [6.07, 6.45) is 0.620. The Morgan fingerprint density at radius 3 is 1.20 bits per heavy atom. The third kappa shape index (κ3) is 10.8. The number of methoxy groups -OCH3 is 2. The van der Waals surface area contributed by atoms with Gasteiger partial charge >= 0.3 is 0 Å². The van der Waals surface area contributed by atoms with Crippen LogP contribution >= 0.6 is 0 Å². The lowest BCUT2D eigenvalue weighted by Crippen LogP contribution is -2.49. The van der Waals surface area contributed by atoms with Gasteiger partial charge in [0.25, 0.3) is 0 Å². The Morgan fingerprint density at radius 2 is 0.852 bits per heavy atom. The van der Waals surface area contributed by atoms with Crippen molar-refractivity contribution in [2.45, 2.75) is 37.8 Å². The summed E-state index contributed by atoms with van der Waals surface area (Å²) in [4.78, 5) is 57.5. The van der Waals surface area contributed by atoms with Crippen molar-refractivity contribution in [2.75, 3.05) is 38.1 Å². The van der Waals surface area contributed by atoms with Crippen molar-refractivity contribution in [2.24, 2.45) is 0 Å². The molecule has 0 radical (unpaired) electrons. The quantitative estimate of drug-likeness (QED) is 0.137. The van der Waals surface area contributed by atoms with Crippen LogP contribution in [-0.2, 0) is 44.9 Å². The normalized spacial score (nSPS) is 11.8. The van der Waals surface area contributed by atoms with Crippen molar-refractivity contribution >= 4 is 35.0 Å². The van der Waals surface area contributed by atoms with Gasteiger partial charge in [0.2, 0.25) is 23.6 Å². The van der Waals surface area contributed by atoms with Crippen LogP contribution in [0.5, 0.6) is 11.5 Å². The van der Waals surface area contributed by atoms with E-state index in [1.54, 1.807) is 89.0 Å². The zero-order valence-corrected chi connectivity index (χ0v) is 31.0. The number of nitrogens with zero attached hydrogens (tertiary/aromatic N) is 2. The Bertz CT molecular complexity index is 1860. The second-order valence-corrected chi connectivity index (χ2v) is 13.0. The summed E-state index contributed by atoms with van der Waals surface area (Å²) in [5.74, 6) is 0.158. The molecule has 2 atom stereocenters. The summed E-state index contributed by atoms with van der Waals surface area (Å²) in [6.45, 7) is 0. The highest BCUT2D eigenvalue weighted by Crippen LogP contribution is 2.21. The molecular formula is C44H46N4O6. The maximum atomic E-state index is 13.8. The molecule has 0 aliphatic carbocycles. The summed E-state index contributed by atoms with van der Waals surface area (Å²) in [5.41, 5.74) is 4.52. The minimum atomic E-state index is -0.823. The summed E-state index contributed by atoms with van der Waals surface area (Å²) in [6, 6.07) is 38.9. The van der Waals surface area contributed by atoms with Gasteiger partial charge < -0.3 is 29.9 Å². The summed E-state index contributed by atoms with van der Waals surface area (Å²) >= 11 is 0. The van der Waals surface area contributed by atoms with Crippen molar-refractivity contribution in [3.05, 3.63) is 156 Å². The number of benzene rings is 5. The average Bonchev–Trinajstić information content (AvgIpc) is 3.20. The molecule has 5 aromatic rings. The molecular weight excluding hydrogens is 681 g/mol. The van der Waals surface area contributed by atoms with Crippen LogP contribution in [0.1, 0.15) is 22.3 Å². The van der Waals surface area contributed by atoms with Gasteiger partial charge in [-0.25, -0.2) is 0 Å². The number of nitrogens with one attached hydrogen (secondary N) is 2. The predicted molar refractivity (Wildman–Crippen MR) is 211 cm³/mol. The number of carbonyl (C=O) groups is 4. The van der Waals surface area contributed by atoms with Crippen LogP contribution in [0.25, 0.3) is 0 Å². The molecule has 10 nitrogen and oxygen atoms in total. The molecule has 278 valence electrons. The molecule has 0 spiro atoms. The zero-order chi connectivity index (χ0) is 38.5. The highest BCUT2D eigenvalue weighted by atomic mass is 16.5. The Balaban J connectivity index is 1.25. The van der Waals surface area contributed by atoms with Gasteiger partial charge in [0, 0.05) is 38.3 Å². The van der Waals surface area contributed by atoms with Crippen LogP contribution in [-0.4, -0.2) is 64.0 Å². The number of rotatable bonds is 16. The third-order valence-electron chi connectivity index (χ3n) is 9.13. The fraction of sp³-hybridized carbons (Fsp3) is 0.227.